The molecule has 3 fully saturated rings. The summed E-state index contributed by atoms with van der Waals surface area (Å²) in [5.41, 5.74) is 0.502. The van der Waals surface area contributed by atoms with Gasteiger partial charge in [0.15, 0.2) is 11.6 Å². The molecule has 3 aliphatic rings. The molecule has 0 N–H and O–H groups in total. The van der Waals surface area contributed by atoms with Crippen LogP contribution in [0, 0.1) is 17.7 Å². The molecule has 0 amide bonds. The predicted molar refractivity (Wildman–Crippen MR) is 96.8 cm³/mol. The Bertz CT molecular complexity index is 809. The summed E-state index contributed by atoms with van der Waals surface area (Å²) in [6.45, 7) is 5.55. The quantitative estimate of drug-likeness (QED) is 0.840. The molecule has 2 saturated heterocycles. The van der Waals surface area contributed by atoms with Gasteiger partial charge in [0.05, 0.1) is 5.69 Å². The van der Waals surface area contributed by atoms with Gasteiger partial charge in [-0.15, -0.1) is 0 Å². The number of hydrogen-bond acceptors (Lipinski definition) is 6. The van der Waals surface area contributed by atoms with Crippen molar-refractivity contribution in [3.8, 4) is 0 Å². The van der Waals surface area contributed by atoms with Crippen molar-refractivity contribution in [1.29, 1.82) is 0 Å². The van der Waals surface area contributed by atoms with Gasteiger partial charge >= 0.3 is 0 Å². The number of aryl methyl sites for hydroxylation is 1. The second-order valence-electron chi connectivity index (χ2n) is 7.69. The average Bonchev–Trinajstić information content (AvgIpc) is 3.33. The molecule has 1 saturated carbocycles. The van der Waals surface area contributed by atoms with Gasteiger partial charge in [-0.1, -0.05) is 6.92 Å². The molecule has 0 aromatic carbocycles. The number of aromatic nitrogens is 4. The van der Waals surface area contributed by atoms with E-state index in [4.69, 9.17) is 4.98 Å². The maximum absolute atomic E-state index is 14.6. The van der Waals surface area contributed by atoms with Gasteiger partial charge in [0.2, 0.25) is 0 Å². The lowest BCUT2D eigenvalue weighted by Gasteiger charge is -2.23. The van der Waals surface area contributed by atoms with Crippen molar-refractivity contribution in [3.63, 3.8) is 0 Å². The van der Waals surface area contributed by atoms with Crippen LogP contribution in [-0.2, 0) is 6.42 Å². The fraction of sp³-hybridized carbons (Fsp3) is 0.579. The standard InChI is InChI=1S/C19H23FN6/c1-2-15-17(20)19(23-11-22-15)26-9-13-7-25(8-14(13)10-26)16-5-6-21-18(24-16)12-3-4-12/h5-6,11-14H,2-4,7-10H2,1H3. The molecule has 2 aromatic rings. The van der Waals surface area contributed by atoms with E-state index in [2.05, 4.69) is 24.8 Å². The van der Waals surface area contributed by atoms with Gasteiger partial charge < -0.3 is 9.80 Å². The van der Waals surface area contributed by atoms with Gasteiger partial charge in [0.25, 0.3) is 0 Å². The molecule has 2 aromatic heterocycles. The third-order valence-electron chi connectivity index (χ3n) is 5.89. The maximum Gasteiger partial charge on any atom is 0.187 e. The molecule has 5 rings (SSSR count). The maximum atomic E-state index is 14.6. The van der Waals surface area contributed by atoms with E-state index in [1.165, 1.54) is 19.2 Å². The van der Waals surface area contributed by atoms with E-state index in [1.807, 2.05) is 19.2 Å². The highest BCUT2D eigenvalue weighted by Crippen LogP contribution is 2.39. The number of fused-ring (bicyclic) bond motifs is 1. The lowest BCUT2D eigenvalue weighted by atomic mass is 10.0. The van der Waals surface area contributed by atoms with Crippen molar-refractivity contribution in [2.75, 3.05) is 36.0 Å². The number of rotatable bonds is 4. The van der Waals surface area contributed by atoms with Crippen LogP contribution in [0.25, 0.3) is 0 Å². The average molecular weight is 354 g/mol. The fourth-order valence-electron chi connectivity index (χ4n) is 4.29. The zero-order valence-corrected chi connectivity index (χ0v) is 15.0. The number of hydrogen-bond donors (Lipinski definition) is 0. The molecule has 6 nitrogen and oxygen atoms in total. The Morgan fingerprint density at radius 3 is 2.46 bits per heavy atom. The summed E-state index contributed by atoms with van der Waals surface area (Å²) in [6, 6.07) is 2.02. The molecule has 26 heavy (non-hydrogen) atoms. The van der Waals surface area contributed by atoms with Gasteiger partial charge in [-0.2, -0.15) is 0 Å². The molecule has 136 valence electrons. The first-order valence-corrected chi connectivity index (χ1v) is 9.55. The van der Waals surface area contributed by atoms with Crippen LogP contribution in [0.2, 0.25) is 0 Å². The lowest BCUT2D eigenvalue weighted by molar-refractivity contribution is 0.533. The van der Waals surface area contributed by atoms with Crippen LogP contribution in [0.3, 0.4) is 0 Å². The lowest BCUT2D eigenvalue weighted by Crippen LogP contribution is -2.30. The monoisotopic (exact) mass is 354 g/mol. The molecular formula is C19H23FN6. The Balaban J connectivity index is 1.30. The van der Waals surface area contributed by atoms with E-state index in [0.717, 1.165) is 37.8 Å². The van der Waals surface area contributed by atoms with E-state index in [1.54, 1.807) is 0 Å². The molecule has 0 spiro atoms. The third kappa shape index (κ3) is 2.70. The van der Waals surface area contributed by atoms with Gasteiger partial charge in [0.1, 0.15) is 18.0 Å². The van der Waals surface area contributed by atoms with Crippen molar-refractivity contribution >= 4 is 11.6 Å². The van der Waals surface area contributed by atoms with Crippen molar-refractivity contribution in [2.45, 2.75) is 32.1 Å². The first-order valence-electron chi connectivity index (χ1n) is 9.55. The van der Waals surface area contributed by atoms with Crippen LogP contribution < -0.4 is 9.80 Å². The Hall–Kier alpha value is -2.31. The Morgan fingerprint density at radius 2 is 1.77 bits per heavy atom. The topological polar surface area (TPSA) is 58.0 Å². The predicted octanol–water partition coefficient (Wildman–Crippen LogP) is 2.42. The van der Waals surface area contributed by atoms with Crippen LogP contribution in [0.4, 0.5) is 16.0 Å². The van der Waals surface area contributed by atoms with Crippen LogP contribution >= 0.6 is 0 Å². The fourth-order valence-corrected chi connectivity index (χ4v) is 4.29. The summed E-state index contributed by atoms with van der Waals surface area (Å²) in [6.07, 6.45) is 6.39. The highest BCUT2D eigenvalue weighted by molar-refractivity contribution is 5.46. The second-order valence-corrected chi connectivity index (χ2v) is 7.69. The molecule has 2 atom stereocenters. The first kappa shape index (κ1) is 15.9. The molecule has 2 unspecified atom stereocenters. The zero-order valence-electron chi connectivity index (χ0n) is 15.0. The minimum Gasteiger partial charge on any atom is -0.356 e. The molecular weight excluding hydrogens is 331 g/mol. The number of nitrogens with zero attached hydrogens (tertiary/aromatic N) is 6. The third-order valence-corrected chi connectivity index (χ3v) is 5.89. The van der Waals surface area contributed by atoms with Crippen LogP contribution in [-0.4, -0.2) is 46.1 Å². The normalized spacial score (nSPS) is 25.0. The molecule has 1 aliphatic carbocycles. The minimum absolute atomic E-state index is 0.253. The summed E-state index contributed by atoms with van der Waals surface area (Å²) in [7, 11) is 0. The molecule has 0 bridgehead atoms. The van der Waals surface area contributed by atoms with Crippen LogP contribution in [0.5, 0.6) is 0 Å². The van der Waals surface area contributed by atoms with Crippen molar-refractivity contribution < 1.29 is 4.39 Å². The second kappa shape index (κ2) is 6.14. The molecule has 7 heteroatoms. The highest BCUT2D eigenvalue weighted by Gasteiger charge is 2.42. The largest absolute Gasteiger partial charge is 0.356 e. The summed E-state index contributed by atoms with van der Waals surface area (Å²) in [4.78, 5) is 21.9. The Kier molecular flexibility index (Phi) is 3.76. The van der Waals surface area contributed by atoms with Gasteiger partial charge in [-0.3, -0.25) is 0 Å². The van der Waals surface area contributed by atoms with Crippen LogP contribution in [0.1, 0.15) is 37.2 Å². The number of halogens is 1. The first-order chi connectivity index (χ1) is 12.7. The van der Waals surface area contributed by atoms with Crippen LogP contribution in [0.15, 0.2) is 18.6 Å². The Morgan fingerprint density at radius 1 is 1.04 bits per heavy atom. The molecule has 4 heterocycles. The number of anilines is 2. The molecule has 2 aliphatic heterocycles. The van der Waals surface area contributed by atoms with E-state index in [0.29, 0.717) is 35.7 Å². The van der Waals surface area contributed by atoms with Crippen molar-refractivity contribution in [3.05, 3.63) is 35.9 Å². The van der Waals surface area contributed by atoms with Crippen molar-refractivity contribution in [1.82, 2.24) is 19.9 Å². The Labute approximate surface area is 152 Å². The zero-order chi connectivity index (χ0) is 17.7. The smallest absolute Gasteiger partial charge is 0.187 e. The SMILES string of the molecule is CCc1ncnc(N2CC3CN(c4ccnc(C5CC5)n4)CC3C2)c1F. The minimum atomic E-state index is -0.253. The summed E-state index contributed by atoms with van der Waals surface area (Å²) >= 11 is 0. The van der Waals surface area contributed by atoms with E-state index >= 15 is 0 Å². The molecule has 0 radical (unpaired) electrons. The van der Waals surface area contributed by atoms with Crippen molar-refractivity contribution in [2.24, 2.45) is 11.8 Å². The van der Waals surface area contributed by atoms with Gasteiger partial charge in [0, 0.05) is 50.1 Å². The van der Waals surface area contributed by atoms with E-state index in [-0.39, 0.29) is 5.82 Å². The summed E-state index contributed by atoms with van der Waals surface area (Å²) in [5, 5.41) is 0. The van der Waals surface area contributed by atoms with Gasteiger partial charge in [-0.05, 0) is 25.3 Å². The highest BCUT2D eigenvalue weighted by atomic mass is 19.1. The summed E-state index contributed by atoms with van der Waals surface area (Å²) in [5.74, 6) is 3.87. The van der Waals surface area contributed by atoms with Gasteiger partial charge in [-0.25, -0.2) is 24.3 Å². The van der Waals surface area contributed by atoms with E-state index < -0.39 is 0 Å². The van der Waals surface area contributed by atoms with E-state index in [9.17, 15) is 4.39 Å². The summed E-state index contributed by atoms with van der Waals surface area (Å²) < 4.78 is 14.6.